The SMILES string of the molecule is CN(CC(=O)O)C(N)=NC(=O)CCCCCCCCCCCO. The number of carbonyl (C=O) groups excluding carboxylic acids is 1. The van der Waals surface area contributed by atoms with Gasteiger partial charge in [-0.05, 0) is 12.8 Å². The summed E-state index contributed by atoms with van der Waals surface area (Å²) in [5, 5.41) is 17.3. The van der Waals surface area contributed by atoms with Crippen molar-refractivity contribution in [3.05, 3.63) is 0 Å². The minimum absolute atomic E-state index is 0.0553. The van der Waals surface area contributed by atoms with Crippen LogP contribution in [-0.2, 0) is 9.59 Å². The molecule has 23 heavy (non-hydrogen) atoms. The van der Waals surface area contributed by atoms with E-state index in [0.717, 1.165) is 32.1 Å². The van der Waals surface area contributed by atoms with Crippen LogP contribution in [0.1, 0.15) is 64.2 Å². The van der Waals surface area contributed by atoms with Gasteiger partial charge in [-0.1, -0.05) is 44.9 Å². The average molecular weight is 329 g/mol. The number of amides is 1. The molecular formula is C16H31N3O4. The molecule has 0 aliphatic rings. The van der Waals surface area contributed by atoms with Gasteiger partial charge in [-0.25, -0.2) is 0 Å². The van der Waals surface area contributed by atoms with Crippen LogP contribution in [0.2, 0.25) is 0 Å². The van der Waals surface area contributed by atoms with Crippen LogP contribution in [0.3, 0.4) is 0 Å². The Hall–Kier alpha value is -1.63. The fourth-order valence-electron chi connectivity index (χ4n) is 2.18. The summed E-state index contributed by atoms with van der Waals surface area (Å²) in [5.41, 5.74) is 5.56. The first-order valence-electron chi connectivity index (χ1n) is 8.38. The molecule has 0 rings (SSSR count). The van der Waals surface area contributed by atoms with Gasteiger partial charge in [-0.3, -0.25) is 9.59 Å². The van der Waals surface area contributed by atoms with Crippen LogP contribution >= 0.6 is 0 Å². The molecule has 0 fully saturated rings. The Bertz CT molecular complexity index is 372. The Kier molecular flexibility index (Phi) is 13.0. The molecule has 0 aliphatic carbocycles. The molecule has 4 N–H and O–H groups in total. The lowest BCUT2D eigenvalue weighted by molar-refractivity contribution is -0.137. The maximum absolute atomic E-state index is 11.6. The van der Waals surface area contributed by atoms with E-state index in [0.29, 0.717) is 6.42 Å². The van der Waals surface area contributed by atoms with Crippen molar-refractivity contribution in [1.82, 2.24) is 4.90 Å². The Balaban J connectivity index is 3.61. The van der Waals surface area contributed by atoms with E-state index in [-0.39, 0.29) is 25.0 Å². The van der Waals surface area contributed by atoms with Crippen LogP contribution in [0.15, 0.2) is 4.99 Å². The number of aliphatic hydroxyl groups is 1. The highest BCUT2D eigenvalue weighted by molar-refractivity contribution is 5.93. The lowest BCUT2D eigenvalue weighted by Crippen LogP contribution is -2.38. The highest BCUT2D eigenvalue weighted by atomic mass is 16.4. The number of rotatable bonds is 13. The van der Waals surface area contributed by atoms with Gasteiger partial charge in [0.25, 0.3) is 0 Å². The first-order valence-corrected chi connectivity index (χ1v) is 8.38. The summed E-state index contributed by atoms with van der Waals surface area (Å²) in [7, 11) is 1.49. The smallest absolute Gasteiger partial charge is 0.323 e. The number of hydrogen-bond donors (Lipinski definition) is 3. The van der Waals surface area contributed by atoms with Crippen LogP contribution in [0.4, 0.5) is 0 Å². The van der Waals surface area contributed by atoms with Gasteiger partial charge in [0, 0.05) is 20.1 Å². The zero-order chi connectivity index (χ0) is 17.5. The maximum Gasteiger partial charge on any atom is 0.323 e. The molecule has 0 spiro atoms. The number of unbranched alkanes of at least 4 members (excludes halogenated alkanes) is 8. The molecule has 7 nitrogen and oxygen atoms in total. The third-order valence-electron chi connectivity index (χ3n) is 3.55. The minimum Gasteiger partial charge on any atom is -0.480 e. The molecule has 0 aromatic heterocycles. The fourth-order valence-corrected chi connectivity index (χ4v) is 2.18. The molecule has 0 saturated heterocycles. The van der Waals surface area contributed by atoms with Gasteiger partial charge in [-0.2, -0.15) is 4.99 Å². The summed E-state index contributed by atoms with van der Waals surface area (Å²) in [4.78, 5) is 27.1. The Morgan fingerprint density at radius 3 is 1.91 bits per heavy atom. The summed E-state index contributed by atoms with van der Waals surface area (Å²) in [6, 6.07) is 0. The maximum atomic E-state index is 11.6. The number of likely N-dealkylation sites (N-methyl/N-ethyl adjacent to an activating group) is 1. The normalized spacial score (nSPS) is 11.5. The van der Waals surface area contributed by atoms with Gasteiger partial charge in [0.1, 0.15) is 6.54 Å². The van der Waals surface area contributed by atoms with Crippen molar-refractivity contribution in [2.75, 3.05) is 20.2 Å². The zero-order valence-corrected chi connectivity index (χ0v) is 14.2. The Morgan fingerprint density at radius 1 is 0.957 bits per heavy atom. The Labute approximate surface area is 138 Å². The van der Waals surface area contributed by atoms with Crippen molar-refractivity contribution in [2.24, 2.45) is 10.7 Å². The van der Waals surface area contributed by atoms with E-state index in [9.17, 15) is 9.59 Å². The molecule has 0 aromatic rings. The number of guanidine groups is 1. The number of carboxylic acid groups (broad SMARTS) is 1. The highest BCUT2D eigenvalue weighted by Gasteiger charge is 2.08. The summed E-state index contributed by atoms with van der Waals surface area (Å²) < 4.78 is 0. The molecular weight excluding hydrogens is 298 g/mol. The van der Waals surface area contributed by atoms with E-state index in [1.807, 2.05) is 0 Å². The zero-order valence-electron chi connectivity index (χ0n) is 14.2. The molecule has 0 radical (unpaired) electrons. The van der Waals surface area contributed by atoms with E-state index >= 15 is 0 Å². The van der Waals surface area contributed by atoms with Gasteiger partial charge in [-0.15, -0.1) is 0 Å². The summed E-state index contributed by atoms with van der Waals surface area (Å²) >= 11 is 0. The van der Waals surface area contributed by atoms with Crippen LogP contribution in [0.5, 0.6) is 0 Å². The van der Waals surface area contributed by atoms with Crippen LogP contribution < -0.4 is 5.73 Å². The van der Waals surface area contributed by atoms with Gasteiger partial charge in [0.15, 0.2) is 5.96 Å². The van der Waals surface area contributed by atoms with Crippen LogP contribution in [0.25, 0.3) is 0 Å². The number of aliphatic carboxylic acids is 1. The number of nitrogens with zero attached hydrogens (tertiary/aromatic N) is 2. The quantitative estimate of drug-likeness (QED) is 0.269. The largest absolute Gasteiger partial charge is 0.480 e. The van der Waals surface area contributed by atoms with Gasteiger partial charge >= 0.3 is 5.97 Å². The highest BCUT2D eigenvalue weighted by Crippen LogP contribution is 2.10. The van der Waals surface area contributed by atoms with Gasteiger partial charge < -0.3 is 20.8 Å². The summed E-state index contributed by atoms with van der Waals surface area (Å²) in [6.07, 6.45) is 9.96. The number of carbonyl (C=O) groups is 2. The second-order valence-electron chi connectivity index (χ2n) is 5.77. The standard InChI is InChI=1S/C16H31N3O4/c1-19(13-15(22)23)16(17)18-14(21)11-9-7-5-3-2-4-6-8-10-12-20/h20H,2-13H2,1H3,(H,22,23)(H2,17,18,21). The number of aliphatic hydroxyl groups excluding tert-OH is 1. The topological polar surface area (TPSA) is 116 Å². The summed E-state index contributed by atoms with van der Waals surface area (Å²) in [5.74, 6) is -1.38. The second kappa shape index (κ2) is 14.0. The second-order valence-corrected chi connectivity index (χ2v) is 5.77. The molecule has 7 heteroatoms. The fraction of sp³-hybridized carbons (Fsp3) is 0.812. The molecule has 0 bridgehead atoms. The molecule has 0 saturated carbocycles. The lowest BCUT2D eigenvalue weighted by Gasteiger charge is -2.14. The van der Waals surface area contributed by atoms with Crippen molar-refractivity contribution >= 4 is 17.8 Å². The van der Waals surface area contributed by atoms with E-state index in [1.165, 1.54) is 37.6 Å². The number of aliphatic imine (C=N–C) groups is 1. The predicted molar refractivity (Wildman–Crippen MR) is 90.2 cm³/mol. The number of carboxylic acids is 1. The number of hydrogen-bond acceptors (Lipinski definition) is 3. The molecule has 0 heterocycles. The predicted octanol–water partition coefficient (Wildman–Crippen LogP) is 1.74. The Morgan fingerprint density at radius 2 is 1.43 bits per heavy atom. The van der Waals surface area contributed by atoms with Crippen molar-refractivity contribution in [3.63, 3.8) is 0 Å². The molecule has 0 aliphatic heterocycles. The van der Waals surface area contributed by atoms with Crippen molar-refractivity contribution in [3.8, 4) is 0 Å². The van der Waals surface area contributed by atoms with Crippen molar-refractivity contribution in [1.29, 1.82) is 0 Å². The summed E-state index contributed by atoms with van der Waals surface area (Å²) in [6.45, 7) is 0.00798. The van der Waals surface area contributed by atoms with Crippen LogP contribution in [0, 0.1) is 0 Å². The third-order valence-corrected chi connectivity index (χ3v) is 3.55. The van der Waals surface area contributed by atoms with Gasteiger partial charge in [0.2, 0.25) is 5.91 Å². The molecule has 134 valence electrons. The van der Waals surface area contributed by atoms with E-state index in [1.54, 1.807) is 0 Å². The first kappa shape index (κ1) is 21.4. The van der Waals surface area contributed by atoms with E-state index in [2.05, 4.69) is 4.99 Å². The number of nitrogens with two attached hydrogens (primary N) is 1. The monoisotopic (exact) mass is 329 g/mol. The van der Waals surface area contributed by atoms with E-state index in [4.69, 9.17) is 15.9 Å². The third kappa shape index (κ3) is 13.7. The first-order chi connectivity index (χ1) is 11.0. The molecule has 0 aromatic carbocycles. The van der Waals surface area contributed by atoms with Crippen LogP contribution in [-0.4, -0.2) is 53.1 Å². The van der Waals surface area contributed by atoms with Gasteiger partial charge in [0.05, 0.1) is 0 Å². The van der Waals surface area contributed by atoms with E-state index < -0.39 is 5.97 Å². The van der Waals surface area contributed by atoms with Crippen molar-refractivity contribution in [2.45, 2.75) is 64.2 Å². The minimum atomic E-state index is -1.02. The molecule has 1 amide bonds. The molecule has 0 atom stereocenters. The lowest BCUT2D eigenvalue weighted by atomic mass is 10.1. The molecule has 0 unspecified atom stereocenters. The average Bonchev–Trinajstić information content (AvgIpc) is 2.48. The van der Waals surface area contributed by atoms with Crippen molar-refractivity contribution < 1.29 is 19.8 Å².